The molecule has 154 valence electrons. The van der Waals surface area contributed by atoms with Crippen molar-refractivity contribution in [3.05, 3.63) is 44.7 Å². The van der Waals surface area contributed by atoms with Crippen LogP contribution in [0, 0.1) is 0 Å². The third-order valence-corrected chi connectivity index (χ3v) is 8.36. The molecule has 6 nitrogen and oxygen atoms in total. The number of thioether (sulfide) groups is 2. The quantitative estimate of drug-likeness (QED) is 0.213. The van der Waals surface area contributed by atoms with Crippen molar-refractivity contribution >= 4 is 72.4 Å². The molecule has 1 aliphatic rings. The van der Waals surface area contributed by atoms with E-state index in [4.69, 9.17) is 4.98 Å². The van der Waals surface area contributed by atoms with Gasteiger partial charge >= 0.3 is 0 Å². The van der Waals surface area contributed by atoms with Gasteiger partial charge in [-0.1, -0.05) is 51.6 Å². The zero-order valence-corrected chi connectivity index (χ0v) is 20.4. The molecule has 0 aliphatic carbocycles. The first-order valence-corrected chi connectivity index (χ1v) is 13.2. The zero-order chi connectivity index (χ0) is 20.8. The molecule has 0 saturated heterocycles. The number of likely N-dealkylation sites (N-methyl/N-ethyl adjacent to an activating group) is 1. The number of Topliss-reactive ketones (excluding diaryl/α,β-unsaturated/α-hetero) is 1. The van der Waals surface area contributed by atoms with Crippen LogP contribution >= 0.6 is 50.8 Å². The summed E-state index contributed by atoms with van der Waals surface area (Å²) in [7, 11) is 2.15. The van der Waals surface area contributed by atoms with Gasteiger partial charge in [-0.05, 0) is 37.4 Å². The van der Waals surface area contributed by atoms with Gasteiger partial charge in [0.1, 0.15) is 4.83 Å². The molecule has 0 unspecified atom stereocenters. The summed E-state index contributed by atoms with van der Waals surface area (Å²) in [5.41, 5.74) is 2.90. The number of nitrogens with zero attached hydrogens (tertiary/aromatic N) is 5. The van der Waals surface area contributed by atoms with Gasteiger partial charge in [0.15, 0.2) is 21.7 Å². The van der Waals surface area contributed by atoms with E-state index in [9.17, 15) is 4.79 Å². The topological polar surface area (TPSA) is 63.4 Å². The fourth-order valence-corrected chi connectivity index (χ4v) is 6.69. The number of halogens is 1. The molecular formula is C20H18BrN5OS3. The highest BCUT2D eigenvalue weighted by Gasteiger charge is 2.25. The van der Waals surface area contributed by atoms with Gasteiger partial charge in [0, 0.05) is 28.0 Å². The first-order chi connectivity index (χ1) is 14.5. The van der Waals surface area contributed by atoms with Gasteiger partial charge in [-0.15, -0.1) is 21.5 Å². The molecule has 4 heterocycles. The Labute approximate surface area is 194 Å². The Bertz CT molecular complexity index is 1270. The van der Waals surface area contributed by atoms with Crippen LogP contribution in [0.3, 0.4) is 0 Å². The van der Waals surface area contributed by atoms with Gasteiger partial charge in [-0.2, -0.15) is 0 Å². The van der Waals surface area contributed by atoms with Gasteiger partial charge in [0.2, 0.25) is 0 Å². The highest BCUT2D eigenvalue weighted by atomic mass is 79.9. The van der Waals surface area contributed by atoms with Gasteiger partial charge in [0.05, 0.1) is 11.1 Å². The molecule has 1 aliphatic heterocycles. The molecule has 0 radical (unpaired) electrons. The summed E-state index contributed by atoms with van der Waals surface area (Å²) in [5.74, 6) is 0.376. The van der Waals surface area contributed by atoms with Crippen LogP contribution in [0.15, 0.2) is 39.1 Å². The second-order valence-corrected chi connectivity index (χ2v) is 10.8. The predicted molar refractivity (Wildman–Crippen MR) is 127 cm³/mol. The molecule has 1 aromatic carbocycles. The molecule has 0 spiro atoms. The van der Waals surface area contributed by atoms with Crippen molar-refractivity contribution in [1.29, 1.82) is 0 Å². The molecule has 0 N–H and O–H groups in total. The Hall–Kier alpha value is -1.46. The Balaban J connectivity index is 1.52. The van der Waals surface area contributed by atoms with E-state index in [1.165, 1.54) is 22.2 Å². The molecule has 0 bridgehead atoms. The molecule has 10 heteroatoms. The number of carbonyl (C=O) groups is 1. The lowest BCUT2D eigenvalue weighted by Gasteiger charge is -2.21. The van der Waals surface area contributed by atoms with Crippen molar-refractivity contribution < 1.29 is 4.79 Å². The smallest absolute Gasteiger partial charge is 0.198 e. The molecule has 30 heavy (non-hydrogen) atoms. The van der Waals surface area contributed by atoms with E-state index in [0.717, 1.165) is 45.0 Å². The lowest BCUT2D eigenvalue weighted by Crippen LogP contribution is -2.25. The van der Waals surface area contributed by atoms with Crippen molar-refractivity contribution in [2.24, 2.45) is 0 Å². The largest absolute Gasteiger partial charge is 0.301 e. The van der Waals surface area contributed by atoms with Crippen molar-refractivity contribution in [3.8, 4) is 0 Å². The molecule has 4 aromatic rings. The fourth-order valence-electron chi connectivity index (χ4n) is 3.65. The first-order valence-electron chi connectivity index (χ1n) is 9.38. The van der Waals surface area contributed by atoms with E-state index in [1.807, 2.05) is 34.9 Å². The summed E-state index contributed by atoms with van der Waals surface area (Å²) in [5, 5.41) is 11.7. The van der Waals surface area contributed by atoms with Crippen LogP contribution < -0.4 is 0 Å². The summed E-state index contributed by atoms with van der Waals surface area (Å²) in [4.78, 5) is 22.3. The average molecular weight is 521 g/mol. The van der Waals surface area contributed by atoms with Crippen molar-refractivity contribution in [2.45, 2.75) is 23.3 Å². The minimum absolute atomic E-state index is 0.0694. The summed E-state index contributed by atoms with van der Waals surface area (Å²) < 4.78 is 2.97. The molecule has 0 fully saturated rings. The monoisotopic (exact) mass is 519 g/mol. The zero-order valence-electron chi connectivity index (χ0n) is 16.4. The third kappa shape index (κ3) is 3.58. The van der Waals surface area contributed by atoms with E-state index in [0.29, 0.717) is 16.5 Å². The summed E-state index contributed by atoms with van der Waals surface area (Å²) in [6, 6.07) is 7.44. The van der Waals surface area contributed by atoms with Crippen molar-refractivity contribution in [2.75, 3.05) is 25.6 Å². The highest BCUT2D eigenvalue weighted by Crippen LogP contribution is 2.38. The number of aromatic nitrogens is 4. The lowest BCUT2D eigenvalue weighted by molar-refractivity contribution is 0.102. The minimum Gasteiger partial charge on any atom is -0.301 e. The van der Waals surface area contributed by atoms with E-state index in [1.54, 1.807) is 23.1 Å². The number of hydrogen-bond acceptors (Lipinski definition) is 8. The maximum Gasteiger partial charge on any atom is 0.198 e. The molecule has 3 aromatic heterocycles. The van der Waals surface area contributed by atoms with Gasteiger partial charge in [-0.3, -0.25) is 4.79 Å². The Morgan fingerprint density at radius 3 is 2.80 bits per heavy atom. The maximum absolute atomic E-state index is 12.6. The molecular weight excluding hydrogens is 502 g/mol. The maximum atomic E-state index is 12.6. The normalized spacial score (nSPS) is 14.5. The van der Waals surface area contributed by atoms with Crippen LogP contribution in [0.4, 0.5) is 0 Å². The number of benzene rings is 1. The average Bonchev–Trinajstić information content (AvgIpc) is 3.32. The second kappa shape index (κ2) is 8.23. The first kappa shape index (κ1) is 20.4. The number of thiophene rings is 1. The summed E-state index contributed by atoms with van der Waals surface area (Å²) in [6.45, 7) is 1.99. The van der Waals surface area contributed by atoms with Crippen LogP contribution in [-0.4, -0.2) is 55.9 Å². The van der Waals surface area contributed by atoms with Crippen molar-refractivity contribution in [3.63, 3.8) is 0 Å². The van der Waals surface area contributed by atoms with Crippen LogP contribution in [0.2, 0.25) is 0 Å². The lowest BCUT2D eigenvalue weighted by atomic mass is 10.1. The number of fused-ring (bicyclic) bond motifs is 5. The Morgan fingerprint density at radius 2 is 2.03 bits per heavy atom. The van der Waals surface area contributed by atoms with Gasteiger partial charge in [-0.25, -0.2) is 9.38 Å². The van der Waals surface area contributed by atoms with E-state index >= 15 is 0 Å². The van der Waals surface area contributed by atoms with Crippen LogP contribution in [0.1, 0.15) is 20.8 Å². The SMILES string of the molecule is CSc1nc2sc3c(c2c2nnc(SCC(=O)c4ccc(Br)cc4)n12)CCN(C)C3. The second-order valence-electron chi connectivity index (χ2n) is 7.13. The molecule has 0 atom stereocenters. The number of ketones is 1. The highest BCUT2D eigenvalue weighted by molar-refractivity contribution is 9.10. The number of rotatable bonds is 5. The number of carbonyl (C=O) groups excluding carboxylic acids is 1. The van der Waals surface area contributed by atoms with Crippen LogP contribution in [-0.2, 0) is 13.0 Å². The van der Waals surface area contributed by atoms with E-state index in [2.05, 4.69) is 38.1 Å². The van der Waals surface area contributed by atoms with Crippen molar-refractivity contribution in [1.82, 2.24) is 24.5 Å². The Morgan fingerprint density at radius 1 is 1.23 bits per heavy atom. The third-order valence-electron chi connectivity index (χ3n) is 5.16. The molecule has 0 amide bonds. The van der Waals surface area contributed by atoms with Gasteiger partial charge < -0.3 is 4.90 Å². The summed E-state index contributed by atoms with van der Waals surface area (Å²) in [6.07, 6.45) is 3.01. The van der Waals surface area contributed by atoms with Gasteiger partial charge in [0.25, 0.3) is 0 Å². The Kier molecular flexibility index (Phi) is 5.61. The van der Waals surface area contributed by atoms with Crippen LogP contribution in [0.25, 0.3) is 15.9 Å². The summed E-state index contributed by atoms with van der Waals surface area (Å²) >= 11 is 8.15. The molecule has 5 rings (SSSR count). The predicted octanol–water partition coefficient (Wildman–Crippen LogP) is 4.79. The van der Waals surface area contributed by atoms with E-state index in [-0.39, 0.29) is 5.78 Å². The van der Waals surface area contributed by atoms with E-state index < -0.39 is 0 Å². The standard InChI is InChI=1S/C20H18BrN5OS3/c1-25-8-7-13-15(9-25)30-18-16(13)17-23-24-20(26(17)19(22-18)28-2)29-10-14(27)11-3-5-12(21)6-4-11/h3-6H,7-10H2,1-2H3. The number of hydrogen-bond donors (Lipinski definition) is 0. The molecule has 0 saturated carbocycles. The fraction of sp³-hybridized carbons (Fsp3) is 0.300. The minimum atomic E-state index is 0.0694. The van der Waals surface area contributed by atoms with Crippen LogP contribution in [0.5, 0.6) is 0 Å².